The normalized spacial score (nSPS) is 15.8. The number of para-hydroxylation sites is 1. The summed E-state index contributed by atoms with van der Waals surface area (Å²) in [6.45, 7) is 2.08. The number of carbonyl (C=O) groups is 1. The van der Waals surface area contributed by atoms with Crippen molar-refractivity contribution in [2.75, 3.05) is 12.4 Å². The highest BCUT2D eigenvalue weighted by atomic mass is 16.2. The molecule has 0 atom stereocenters. The topological polar surface area (TPSA) is 56.1 Å². The molecule has 0 aromatic heterocycles. The summed E-state index contributed by atoms with van der Waals surface area (Å²) in [7, 11) is 1.81. The Morgan fingerprint density at radius 1 is 1.35 bits per heavy atom. The fraction of sp³-hybridized carbons (Fsp3) is 0.474. The molecule has 1 N–H and O–H groups in total. The van der Waals surface area contributed by atoms with E-state index in [1.54, 1.807) is 4.90 Å². The van der Waals surface area contributed by atoms with Crippen LogP contribution in [0.2, 0.25) is 0 Å². The number of nitrogens with one attached hydrogen (secondary N) is 1. The lowest BCUT2D eigenvalue weighted by molar-refractivity contribution is -0.128. The average molecular weight is 311 g/mol. The molecule has 1 aromatic carbocycles. The Hall–Kier alpha value is -2.28. The molecule has 0 saturated heterocycles. The molecule has 4 nitrogen and oxygen atoms in total. The molecule has 1 aromatic rings. The van der Waals surface area contributed by atoms with Crippen LogP contribution in [0.3, 0.4) is 0 Å². The van der Waals surface area contributed by atoms with Crippen LogP contribution in [0.15, 0.2) is 36.0 Å². The molecule has 122 valence electrons. The minimum Gasteiger partial charge on any atom is -0.360 e. The number of anilines is 1. The number of nitriles is 1. The zero-order valence-electron chi connectivity index (χ0n) is 14.0. The van der Waals surface area contributed by atoms with E-state index in [9.17, 15) is 10.1 Å². The lowest BCUT2D eigenvalue weighted by atomic mass is 9.94. The number of likely N-dealkylation sites (N-methyl/N-ethyl adjacent to an activating group) is 1. The number of carbonyl (C=O) groups excluding carboxylic acids is 1. The van der Waals surface area contributed by atoms with Gasteiger partial charge in [-0.25, -0.2) is 0 Å². The zero-order valence-corrected chi connectivity index (χ0v) is 14.0. The molecule has 1 aliphatic carbocycles. The van der Waals surface area contributed by atoms with E-state index in [1.807, 2.05) is 37.4 Å². The summed E-state index contributed by atoms with van der Waals surface area (Å²) in [5.41, 5.74) is 2.26. The minimum absolute atomic E-state index is 0.156. The summed E-state index contributed by atoms with van der Waals surface area (Å²) in [5, 5.41) is 12.5. The predicted octanol–water partition coefficient (Wildman–Crippen LogP) is 3.86. The molecule has 0 radical (unpaired) electrons. The lowest BCUT2D eigenvalue weighted by Gasteiger charge is -2.31. The predicted molar refractivity (Wildman–Crippen MR) is 92.8 cm³/mol. The summed E-state index contributed by atoms with van der Waals surface area (Å²) < 4.78 is 0. The van der Waals surface area contributed by atoms with Crippen molar-refractivity contribution in [1.82, 2.24) is 4.90 Å². The standard InChI is InChI=1S/C19H25N3O/c1-3-15-9-7-8-12-18(15)21-14-16(13-20)19(23)22(2)17-10-5-4-6-11-17/h7-9,12,14,17,21H,3-6,10-11H2,1-2H3/b16-14-. The van der Waals surface area contributed by atoms with E-state index < -0.39 is 0 Å². The van der Waals surface area contributed by atoms with E-state index in [4.69, 9.17) is 0 Å². The third-order valence-electron chi connectivity index (χ3n) is 4.56. The first kappa shape index (κ1) is 17.1. The molecule has 0 bridgehead atoms. The highest BCUT2D eigenvalue weighted by molar-refractivity contribution is 5.97. The average Bonchev–Trinajstić information content (AvgIpc) is 2.62. The van der Waals surface area contributed by atoms with Gasteiger partial charge >= 0.3 is 0 Å². The van der Waals surface area contributed by atoms with Crippen LogP contribution in [0.1, 0.15) is 44.6 Å². The molecule has 23 heavy (non-hydrogen) atoms. The van der Waals surface area contributed by atoms with Gasteiger partial charge in [0.25, 0.3) is 5.91 Å². The molecule has 0 unspecified atom stereocenters. The van der Waals surface area contributed by atoms with Crippen molar-refractivity contribution in [3.05, 3.63) is 41.6 Å². The third-order valence-corrected chi connectivity index (χ3v) is 4.56. The molecule has 1 fully saturated rings. The molecule has 0 aliphatic heterocycles. The van der Waals surface area contributed by atoms with Crippen molar-refractivity contribution in [1.29, 1.82) is 5.26 Å². The van der Waals surface area contributed by atoms with Gasteiger partial charge in [-0.1, -0.05) is 44.4 Å². The number of amides is 1. The smallest absolute Gasteiger partial charge is 0.266 e. The van der Waals surface area contributed by atoms with Crippen LogP contribution in [0.25, 0.3) is 0 Å². The van der Waals surface area contributed by atoms with E-state index in [0.29, 0.717) is 0 Å². The van der Waals surface area contributed by atoms with Crippen LogP contribution in [0, 0.1) is 11.3 Å². The summed E-state index contributed by atoms with van der Waals surface area (Å²) in [6.07, 6.45) is 8.08. The third kappa shape index (κ3) is 4.35. The van der Waals surface area contributed by atoms with Gasteiger partial charge in [0.05, 0.1) is 0 Å². The SMILES string of the molecule is CCc1ccccc1N/C=C(/C#N)C(=O)N(C)C1CCCCC1. The Kier molecular flexibility index (Phi) is 6.22. The van der Waals surface area contributed by atoms with Crippen molar-refractivity contribution >= 4 is 11.6 Å². The summed E-state index contributed by atoms with van der Waals surface area (Å²) in [4.78, 5) is 14.3. The van der Waals surface area contributed by atoms with E-state index in [2.05, 4.69) is 12.2 Å². The van der Waals surface area contributed by atoms with Gasteiger partial charge in [0.15, 0.2) is 0 Å². The first-order chi connectivity index (χ1) is 11.2. The maximum Gasteiger partial charge on any atom is 0.266 e. The summed E-state index contributed by atoms with van der Waals surface area (Å²) in [6, 6.07) is 10.2. The van der Waals surface area contributed by atoms with E-state index in [-0.39, 0.29) is 17.5 Å². The number of nitrogens with zero attached hydrogens (tertiary/aromatic N) is 2. The Morgan fingerprint density at radius 2 is 2.04 bits per heavy atom. The highest BCUT2D eigenvalue weighted by Crippen LogP contribution is 2.23. The quantitative estimate of drug-likeness (QED) is 0.663. The van der Waals surface area contributed by atoms with Crippen molar-refractivity contribution in [2.24, 2.45) is 0 Å². The zero-order chi connectivity index (χ0) is 16.7. The van der Waals surface area contributed by atoms with Gasteiger partial charge in [0.2, 0.25) is 0 Å². The second-order valence-corrected chi connectivity index (χ2v) is 6.03. The first-order valence-corrected chi connectivity index (χ1v) is 8.39. The Bertz CT molecular complexity index is 609. The van der Waals surface area contributed by atoms with E-state index in [1.165, 1.54) is 12.6 Å². The maximum atomic E-state index is 12.5. The highest BCUT2D eigenvalue weighted by Gasteiger charge is 2.24. The van der Waals surface area contributed by atoms with Crippen LogP contribution in [0.4, 0.5) is 5.69 Å². The van der Waals surface area contributed by atoms with Gasteiger partial charge in [0, 0.05) is 25.0 Å². The van der Waals surface area contributed by atoms with Crippen molar-refractivity contribution in [3.63, 3.8) is 0 Å². The largest absolute Gasteiger partial charge is 0.360 e. The van der Waals surface area contributed by atoms with Gasteiger partial charge in [-0.3, -0.25) is 4.79 Å². The van der Waals surface area contributed by atoms with Crippen LogP contribution in [-0.2, 0) is 11.2 Å². The number of benzene rings is 1. The van der Waals surface area contributed by atoms with Crippen LogP contribution in [-0.4, -0.2) is 23.9 Å². The van der Waals surface area contributed by atoms with Gasteiger partial charge in [0.1, 0.15) is 11.6 Å². The Labute approximate surface area is 138 Å². The molecule has 0 heterocycles. The van der Waals surface area contributed by atoms with Crippen molar-refractivity contribution in [3.8, 4) is 6.07 Å². The van der Waals surface area contributed by atoms with Crippen molar-refractivity contribution < 1.29 is 4.79 Å². The van der Waals surface area contributed by atoms with Crippen LogP contribution in [0.5, 0.6) is 0 Å². The summed E-state index contributed by atoms with van der Waals surface area (Å²) in [5.74, 6) is -0.194. The molecule has 0 spiro atoms. The second-order valence-electron chi connectivity index (χ2n) is 6.03. The Morgan fingerprint density at radius 3 is 2.70 bits per heavy atom. The molecule has 1 amide bonds. The van der Waals surface area contributed by atoms with Gasteiger partial charge in [-0.05, 0) is 30.9 Å². The molecule has 2 rings (SSSR count). The molecule has 1 saturated carbocycles. The van der Waals surface area contributed by atoms with Gasteiger partial charge in [-0.2, -0.15) is 5.26 Å². The van der Waals surface area contributed by atoms with Crippen LogP contribution < -0.4 is 5.32 Å². The molecule has 1 aliphatic rings. The number of aryl methyl sites for hydroxylation is 1. The second kappa shape index (κ2) is 8.38. The van der Waals surface area contributed by atoms with Crippen LogP contribution >= 0.6 is 0 Å². The number of rotatable bonds is 5. The number of hydrogen-bond acceptors (Lipinski definition) is 3. The minimum atomic E-state index is -0.194. The first-order valence-electron chi connectivity index (χ1n) is 8.39. The van der Waals surface area contributed by atoms with E-state index >= 15 is 0 Å². The number of hydrogen-bond donors (Lipinski definition) is 1. The Balaban J connectivity index is 2.08. The fourth-order valence-corrected chi connectivity index (χ4v) is 3.09. The monoisotopic (exact) mass is 311 g/mol. The van der Waals surface area contributed by atoms with Gasteiger partial charge in [-0.15, -0.1) is 0 Å². The lowest BCUT2D eigenvalue weighted by Crippen LogP contribution is -2.39. The van der Waals surface area contributed by atoms with Crippen molar-refractivity contribution in [2.45, 2.75) is 51.5 Å². The molecule has 4 heteroatoms. The summed E-state index contributed by atoms with van der Waals surface area (Å²) >= 11 is 0. The van der Waals surface area contributed by atoms with Gasteiger partial charge < -0.3 is 10.2 Å². The molecular formula is C19H25N3O. The fourth-order valence-electron chi connectivity index (χ4n) is 3.09. The molecular weight excluding hydrogens is 286 g/mol. The maximum absolute atomic E-state index is 12.5. The van der Waals surface area contributed by atoms with E-state index in [0.717, 1.165) is 43.4 Å².